The van der Waals surface area contributed by atoms with Crippen molar-refractivity contribution in [2.75, 3.05) is 5.75 Å². The average Bonchev–Trinajstić information content (AvgIpc) is 2.68. The van der Waals surface area contributed by atoms with E-state index < -0.39 is 0 Å². The Hall–Kier alpha value is -0.380. The minimum absolute atomic E-state index is 0.0243. The summed E-state index contributed by atoms with van der Waals surface area (Å²) in [5.74, 6) is 1.82. The zero-order valence-electron chi connectivity index (χ0n) is 8.75. The lowest BCUT2D eigenvalue weighted by molar-refractivity contribution is 0.246. The number of fused-ring (bicyclic) bond motifs is 1. The Kier molecular flexibility index (Phi) is 2.91. The Labute approximate surface area is 89.4 Å². The lowest BCUT2D eigenvalue weighted by Crippen LogP contribution is -2.40. The number of carbonyl (C=O) groups is 1. The van der Waals surface area contributed by atoms with Crippen molar-refractivity contribution in [3.8, 4) is 0 Å². The van der Waals surface area contributed by atoms with Gasteiger partial charge in [-0.2, -0.15) is 11.8 Å². The number of hydrogen-bond donors (Lipinski definition) is 2. The second-order valence-corrected chi connectivity index (χ2v) is 5.34. The highest BCUT2D eigenvalue weighted by molar-refractivity contribution is 8.00. The highest BCUT2D eigenvalue weighted by atomic mass is 32.2. The molecule has 2 amide bonds. The Morgan fingerprint density at radius 1 is 1.43 bits per heavy atom. The van der Waals surface area contributed by atoms with Crippen LogP contribution in [0.5, 0.6) is 0 Å². The zero-order valence-corrected chi connectivity index (χ0v) is 9.56. The molecule has 0 spiro atoms. The molecule has 2 saturated heterocycles. The summed E-state index contributed by atoms with van der Waals surface area (Å²) in [6, 6.07) is 0.770. The third kappa shape index (κ3) is 1.60. The van der Waals surface area contributed by atoms with Crippen molar-refractivity contribution in [1.82, 2.24) is 10.6 Å². The van der Waals surface area contributed by atoms with E-state index in [4.69, 9.17) is 0 Å². The van der Waals surface area contributed by atoms with Crippen LogP contribution in [-0.4, -0.2) is 29.1 Å². The smallest absolute Gasteiger partial charge is 0.315 e. The summed E-state index contributed by atoms with van der Waals surface area (Å²) < 4.78 is 0. The van der Waals surface area contributed by atoms with E-state index in [-0.39, 0.29) is 6.03 Å². The number of urea groups is 1. The fraction of sp³-hybridized carbons (Fsp3) is 0.900. The van der Waals surface area contributed by atoms with E-state index >= 15 is 0 Å². The van der Waals surface area contributed by atoms with Gasteiger partial charge in [0.2, 0.25) is 0 Å². The highest BCUT2D eigenvalue weighted by Gasteiger charge is 2.45. The third-order valence-electron chi connectivity index (χ3n) is 3.38. The molecule has 80 valence electrons. The van der Waals surface area contributed by atoms with Crippen LogP contribution in [0.15, 0.2) is 0 Å². The van der Waals surface area contributed by atoms with Crippen LogP contribution >= 0.6 is 11.8 Å². The molecule has 14 heavy (non-hydrogen) atoms. The van der Waals surface area contributed by atoms with E-state index in [1.807, 2.05) is 11.8 Å². The minimum Gasteiger partial charge on any atom is -0.332 e. The first kappa shape index (κ1) is 10.1. The number of hydrogen-bond acceptors (Lipinski definition) is 2. The molecular formula is C10H18N2OS. The molecule has 2 fully saturated rings. The first-order valence-electron chi connectivity index (χ1n) is 5.44. The first-order valence-corrected chi connectivity index (χ1v) is 6.49. The highest BCUT2D eigenvalue weighted by Crippen LogP contribution is 2.37. The van der Waals surface area contributed by atoms with Gasteiger partial charge in [0.05, 0.1) is 12.1 Å². The summed E-state index contributed by atoms with van der Waals surface area (Å²) in [4.78, 5) is 11.2. The van der Waals surface area contributed by atoms with E-state index in [0.717, 1.165) is 11.7 Å². The summed E-state index contributed by atoms with van der Waals surface area (Å²) in [5, 5.41) is 6.64. The molecule has 0 aromatic heterocycles. The molecule has 0 aromatic rings. The van der Waals surface area contributed by atoms with Crippen molar-refractivity contribution in [1.29, 1.82) is 0 Å². The topological polar surface area (TPSA) is 41.1 Å². The van der Waals surface area contributed by atoms with Gasteiger partial charge in [0.25, 0.3) is 0 Å². The maximum absolute atomic E-state index is 11.2. The Balaban J connectivity index is 2.04. The van der Waals surface area contributed by atoms with E-state index in [1.165, 1.54) is 12.8 Å². The molecule has 0 aliphatic carbocycles. The van der Waals surface area contributed by atoms with Crippen molar-refractivity contribution in [2.45, 2.75) is 44.0 Å². The molecular weight excluding hydrogens is 196 g/mol. The zero-order chi connectivity index (χ0) is 10.1. The van der Waals surface area contributed by atoms with Gasteiger partial charge in [-0.15, -0.1) is 0 Å². The molecule has 3 atom stereocenters. The number of carbonyl (C=O) groups excluding carboxylic acids is 1. The fourth-order valence-electron chi connectivity index (χ4n) is 2.51. The van der Waals surface area contributed by atoms with Crippen molar-refractivity contribution in [3.05, 3.63) is 0 Å². The van der Waals surface area contributed by atoms with Crippen LogP contribution in [0.4, 0.5) is 4.79 Å². The Bertz CT molecular complexity index is 230. The average molecular weight is 214 g/mol. The van der Waals surface area contributed by atoms with Crippen LogP contribution in [0.2, 0.25) is 0 Å². The van der Waals surface area contributed by atoms with Crippen molar-refractivity contribution < 1.29 is 4.79 Å². The fourth-order valence-corrected chi connectivity index (χ4v) is 4.35. The van der Waals surface area contributed by atoms with Crippen molar-refractivity contribution in [3.63, 3.8) is 0 Å². The summed E-state index contributed by atoms with van der Waals surface area (Å²) in [6.07, 6.45) is 2.43. The van der Waals surface area contributed by atoms with Crippen LogP contribution in [0, 0.1) is 5.92 Å². The van der Waals surface area contributed by atoms with Crippen molar-refractivity contribution >= 4 is 17.8 Å². The number of rotatable bonds is 3. The van der Waals surface area contributed by atoms with Gasteiger partial charge in [-0.05, 0) is 5.92 Å². The molecule has 2 N–H and O–H groups in total. The number of nitrogens with one attached hydrogen (secondary N) is 2. The Morgan fingerprint density at radius 2 is 2.14 bits per heavy atom. The quantitative estimate of drug-likeness (QED) is 0.700. The molecule has 4 heteroatoms. The molecule has 0 aromatic carbocycles. The molecule has 2 aliphatic heterocycles. The predicted octanol–water partition coefficient (Wildman–Crippen LogP) is 1.59. The SMILES string of the molecule is CCC(CC)C1SC[C@@H]2NC(=O)N[C@H]12. The van der Waals surface area contributed by atoms with Crippen LogP contribution < -0.4 is 10.6 Å². The van der Waals surface area contributed by atoms with E-state index in [9.17, 15) is 4.79 Å². The first-order chi connectivity index (χ1) is 6.76. The van der Waals surface area contributed by atoms with Gasteiger partial charge in [-0.3, -0.25) is 0 Å². The van der Waals surface area contributed by atoms with Gasteiger partial charge >= 0.3 is 6.03 Å². The normalized spacial score (nSPS) is 35.6. The molecule has 2 rings (SSSR count). The monoisotopic (exact) mass is 214 g/mol. The summed E-state index contributed by atoms with van der Waals surface area (Å²) in [7, 11) is 0. The predicted molar refractivity (Wildman–Crippen MR) is 59.6 cm³/mol. The molecule has 0 saturated carbocycles. The Morgan fingerprint density at radius 3 is 2.79 bits per heavy atom. The van der Waals surface area contributed by atoms with Crippen molar-refractivity contribution in [2.24, 2.45) is 5.92 Å². The summed E-state index contributed by atoms with van der Waals surface area (Å²) >= 11 is 2.02. The van der Waals surface area contributed by atoms with Crippen LogP contribution in [0.25, 0.3) is 0 Å². The second-order valence-electron chi connectivity index (χ2n) is 4.12. The molecule has 3 nitrogen and oxygen atoms in total. The van der Waals surface area contributed by atoms with E-state index in [0.29, 0.717) is 17.3 Å². The van der Waals surface area contributed by atoms with Gasteiger partial charge in [0.1, 0.15) is 0 Å². The van der Waals surface area contributed by atoms with Gasteiger partial charge in [-0.25, -0.2) is 4.79 Å². The molecule has 2 heterocycles. The lowest BCUT2D eigenvalue weighted by atomic mass is 9.92. The lowest BCUT2D eigenvalue weighted by Gasteiger charge is -2.24. The molecule has 2 aliphatic rings. The molecule has 0 bridgehead atoms. The molecule has 1 unspecified atom stereocenters. The number of amides is 2. The third-order valence-corrected chi connectivity index (χ3v) is 5.00. The largest absolute Gasteiger partial charge is 0.332 e. The number of thioether (sulfide) groups is 1. The summed E-state index contributed by atoms with van der Waals surface area (Å²) in [6.45, 7) is 4.48. The van der Waals surface area contributed by atoms with Gasteiger partial charge in [-0.1, -0.05) is 26.7 Å². The van der Waals surface area contributed by atoms with E-state index in [2.05, 4.69) is 24.5 Å². The van der Waals surface area contributed by atoms with Gasteiger partial charge in [0, 0.05) is 11.0 Å². The summed E-state index contributed by atoms with van der Waals surface area (Å²) in [5.41, 5.74) is 0. The standard InChI is InChI=1S/C10H18N2OS/c1-3-6(4-2)9-8-7(5-14-9)11-10(13)12-8/h6-9H,3-5H2,1-2H3,(H2,11,12,13)/t7-,8-,9?/m0/s1. The minimum atomic E-state index is 0.0243. The molecule has 0 radical (unpaired) electrons. The van der Waals surface area contributed by atoms with Gasteiger partial charge in [0.15, 0.2) is 0 Å². The van der Waals surface area contributed by atoms with Crippen LogP contribution in [-0.2, 0) is 0 Å². The van der Waals surface area contributed by atoms with E-state index in [1.54, 1.807) is 0 Å². The maximum Gasteiger partial charge on any atom is 0.315 e. The maximum atomic E-state index is 11.2. The van der Waals surface area contributed by atoms with Crippen LogP contribution in [0.3, 0.4) is 0 Å². The van der Waals surface area contributed by atoms with Crippen LogP contribution in [0.1, 0.15) is 26.7 Å². The second kappa shape index (κ2) is 4.01. The van der Waals surface area contributed by atoms with Gasteiger partial charge < -0.3 is 10.6 Å².